The quantitative estimate of drug-likeness (QED) is 0.863. The second kappa shape index (κ2) is 7.65. The Morgan fingerprint density at radius 3 is 2.46 bits per heavy atom. The Morgan fingerprint density at radius 1 is 1.25 bits per heavy atom. The maximum absolute atomic E-state index is 11.3. The molecule has 132 valence electrons. The topological polar surface area (TPSA) is 69.6 Å². The molecule has 2 N–H and O–H groups in total. The summed E-state index contributed by atoms with van der Waals surface area (Å²) in [4.78, 5) is 22.8. The Labute approximate surface area is 137 Å². The molecule has 0 aromatic heterocycles. The van der Waals surface area contributed by atoms with Gasteiger partial charge in [0.2, 0.25) is 5.91 Å². The first-order chi connectivity index (χ1) is 11.3. The summed E-state index contributed by atoms with van der Waals surface area (Å²) < 4.78 is 31.7. The van der Waals surface area contributed by atoms with Gasteiger partial charge >= 0.3 is 12.1 Å². The number of rotatable bonds is 2. The van der Waals surface area contributed by atoms with Crippen molar-refractivity contribution in [1.29, 1.82) is 0 Å². The van der Waals surface area contributed by atoms with Crippen molar-refractivity contribution in [2.24, 2.45) is 0 Å². The average Bonchev–Trinajstić information content (AvgIpc) is 2.90. The molecule has 2 fully saturated rings. The third-order valence-corrected chi connectivity index (χ3v) is 4.15. The molecule has 24 heavy (non-hydrogen) atoms. The number of piperidine rings is 1. The van der Waals surface area contributed by atoms with Gasteiger partial charge in [0.25, 0.3) is 0 Å². The van der Waals surface area contributed by atoms with Gasteiger partial charge < -0.3 is 10.4 Å². The molecule has 2 aliphatic rings. The third-order valence-electron chi connectivity index (χ3n) is 4.15. The Bertz CT molecular complexity index is 578. The molecule has 8 heteroatoms. The van der Waals surface area contributed by atoms with Crippen LogP contribution < -0.4 is 5.32 Å². The van der Waals surface area contributed by atoms with Crippen LogP contribution in [0.5, 0.6) is 0 Å². The average molecular weight is 344 g/mol. The number of fused-ring (bicyclic) bond motifs is 1. The smallest absolute Gasteiger partial charge is 0.475 e. The maximum atomic E-state index is 11.3. The molecule has 0 saturated carbocycles. The van der Waals surface area contributed by atoms with E-state index in [0.29, 0.717) is 18.5 Å². The number of alkyl halides is 3. The van der Waals surface area contributed by atoms with E-state index in [2.05, 4.69) is 40.5 Å². The Balaban J connectivity index is 0.000000256. The molecule has 2 atom stereocenters. The van der Waals surface area contributed by atoms with Crippen LogP contribution in [0.3, 0.4) is 0 Å². The van der Waals surface area contributed by atoms with Gasteiger partial charge in [0.1, 0.15) is 0 Å². The summed E-state index contributed by atoms with van der Waals surface area (Å²) in [6.45, 7) is 2.11. The number of nitrogens with one attached hydrogen (secondary N) is 1. The molecule has 0 unspecified atom stereocenters. The monoisotopic (exact) mass is 344 g/mol. The summed E-state index contributed by atoms with van der Waals surface area (Å²) >= 11 is 0. The molecule has 3 rings (SSSR count). The second-order valence-corrected chi connectivity index (χ2v) is 5.83. The predicted molar refractivity (Wildman–Crippen MR) is 80.1 cm³/mol. The number of carbonyl (C=O) groups excluding carboxylic acids is 1. The molecule has 0 aliphatic carbocycles. The van der Waals surface area contributed by atoms with Gasteiger partial charge in [-0.2, -0.15) is 13.2 Å². The fourth-order valence-corrected chi connectivity index (χ4v) is 3.04. The number of carboxylic acids is 1. The number of hydrogen-bond acceptors (Lipinski definition) is 3. The van der Waals surface area contributed by atoms with Crippen LogP contribution in [-0.4, -0.2) is 46.7 Å². The zero-order chi connectivity index (χ0) is 17.7. The Hall–Kier alpha value is -2.09. The molecule has 2 heterocycles. The minimum absolute atomic E-state index is 0.229. The van der Waals surface area contributed by atoms with Crippen molar-refractivity contribution in [3.8, 4) is 0 Å². The highest BCUT2D eigenvalue weighted by atomic mass is 19.4. The van der Waals surface area contributed by atoms with E-state index >= 15 is 0 Å². The lowest BCUT2D eigenvalue weighted by atomic mass is 9.99. The number of carboxylic acid groups (broad SMARTS) is 1. The van der Waals surface area contributed by atoms with E-state index in [-0.39, 0.29) is 5.91 Å². The van der Waals surface area contributed by atoms with Crippen molar-refractivity contribution in [3.05, 3.63) is 35.9 Å². The molecular weight excluding hydrogens is 325 g/mol. The highest BCUT2D eigenvalue weighted by Gasteiger charge is 2.38. The molecule has 1 amide bonds. The number of halogens is 3. The van der Waals surface area contributed by atoms with Gasteiger partial charge in [-0.05, 0) is 18.4 Å². The number of carbonyl (C=O) groups is 2. The van der Waals surface area contributed by atoms with Gasteiger partial charge in [-0.3, -0.25) is 9.69 Å². The molecule has 0 radical (unpaired) electrons. The zero-order valence-corrected chi connectivity index (χ0v) is 12.9. The van der Waals surface area contributed by atoms with Gasteiger partial charge in [0.05, 0.1) is 0 Å². The van der Waals surface area contributed by atoms with Gasteiger partial charge in [-0.1, -0.05) is 30.3 Å². The number of nitrogens with zero attached hydrogens (tertiary/aromatic N) is 1. The minimum Gasteiger partial charge on any atom is -0.475 e. The fourth-order valence-electron chi connectivity index (χ4n) is 3.04. The van der Waals surface area contributed by atoms with Crippen molar-refractivity contribution in [2.75, 3.05) is 6.54 Å². The molecule has 5 nitrogen and oxygen atoms in total. The lowest BCUT2D eigenvalue weighted by Gasteiger charge is -2.32. The number of likely N-dealkylation sites (tertiary alicyclic amines) is 1. The van der Waals surface area contributed by atoms with E-state index in [1.165, 1.54) is 5.56 Å². The summed E-state index contributed by atoms with van der Waals surface area (Å²) in [6.07, 6.45) is -2.28. The van der Waals surface area contributed by atoms with E-state index in [0.717, 1.165) is 25.9 Å². The van der Waals surface area contributed by atoms with Crippen LogP contribution in [0.1, 0.15) is 24.8 Å². The first-order valence-corrected chi connectivity index (χ1v) is 7.65. The van der Waals surface area contributed by atoms with Crippen LogP contribution in [0.4, 0.5) is 13.2 Å². The summed E-state index contributed by atoms with van der Waals surface area (Å²) in [6, 6.07) is 11.5. The summed E-state index contributed by atoms with van der Waals surface area (Å²) in [7, 11) is 0. The van der Waals surface area contributed by atoms with Gasteiger partial charge in [-0.25, -0.2) is 4.79 Å². The van der Waals surface area contributed by atoms with Crippen molar-refractivity contribution >= 4 is 11.9 Å². The van der Waals surface area contributed by atoms with Crippen LogP contribution in [0, 0.1) is 0 Å². The normalized spacial score (nSPS) is 23.7. The highest BCUT2D eigenvalue weighted by Crippen LogP contribution is 2.26. The predicted octanol–water partition coefficient (Wildman–Crippen LogP) is 2.17. The molecule has 2 saturated heterocycles. The Morgan fingerprint density at radius 2 is 1.88 bits per heavy atom. The van der Waals surface area contributed by atoms with Crippen molar-refractivity contribution in [2.45, 2.75) is 44.1 Å². The second-order valence-electron chi connectivity index (χ2n) is 5.83. The van der Waals surface area contributed by atoms with Crippen LogP contribution >= 0.6 is 0 Å². The zero-order valence-electron chi connectivity index (χ0n) is 12.9. The van der Waals surface area contributed by atoms with E-state index < -0.39 is 12.1 Å². The van der Waals surface area contributed by atoms with E-state index in [4.69, 9.17) is 9.90 Å². The van der Waals surface area contributed by atoms with Gasteiger partial charge in [0.15, 0.2) is 0 Å². The van der Waals surface area contributed by atoms with Crippen molar-refractivity contribution in [3.63, 3.8) is 0 Å². The molecule has 0 bridgehead atoms. The third kappa shape index (κ3) is 4.95. The molecule has 2 aliphatic heterocycles. The lowest BCUT2D eigenvalue weighted by molar-refractivity contribution is -0.192. The fraction of sp³-hybridized carbons (Fsp3) is 0.500. The van der Waals surface area contributed by atoms with E-state index in [9.17, 15) is 18.0 Å². The standard InChI is InChI=1S/C14H18N2O.C2HF3O2/c17-14-7-6-13-12(15-14)8-9-16(13)10-11-4-2-1-3-5-11;3-2(4,5)1(6)7/h1-5,12-13H,6-10H2,(H,15,17);(H,6,7)/t12-,13-;/m0./s1. The highest BCUT2D eigenvalue weighted by molar-refractivity contribution is 5.77. The molecule has 0 spiro atoms. The maximum Gasteiger partial charge on any atom is 0.490 e. The van der Waals surface area contributed by atoms with Gasteiger partial charge in [-0.15, -0.1) is 0 Å². The Kier molecular flexibility index (Phi) is 5.82. The SMILES string of the molecule is O=C(O)C(F)(F)F.O=C1CC[C@H]2[C@H](CCN2Cc2ccccc2)N1. The van der Waals surface area contributed by atoms with Crippen molar-refractivity contribution < 1.29 is 27.9 Å². The van der Waals surface area contributed by atoms with Crippen LogP contribution in [0.2, 0.25) is 0 Å². The summed E-state index contributed by atoms with van der Waals surface area (Å²) in [5, 5.41) is 10.2. The number of benzene rings is 1. The lowest BCUT2D eigenvalue weighted by Crippen LogP contribution is -2.49. The molecular formula is C16H19F3N2O3. The van der Waals surface area contributed by atoms with Crippen LogP contribution in [0.25, 0.3) is 0 Å². The number of aliphatic carboxylic acids is 1. The first kappa shape index (κ1) is 18.3. The molecule has 1 aromatic rings. The number of amides is 1. The first-order valence-electron chi connectivity index (χ1n) is 7.65. The molecule has 1 aromatic carbocycles. The van der Waals surface area contributed by atoms with Crippen LogP contribution in [0.15, 0.2) is 30.3 Å². The summed E-state index contributed by atoms with van der Waals surface area (Å²) in [5.74, 6) is -2.53. The van der Waals surface area contributed by atoms with Gasteiger partial charge in [0, 0.05) is 31.6 Å². The van der Waals surface area contributed by atoms with Crippen molar-refractivity contribution in [1.82, 2.24) is 10.2 Å². The minimum atomic E-state index is -5.08. The van der Waals surface area contributed by atoms with E-state index in [1.54, 1.807) is 0 Å². The van der Waals surface area contributed by atoms with Crippen LogP contribution in [-0.2, 0) is 16.1 Å². The summed E-state index contributed by atoms with van der Waals surface area (Å²) in [5.41, 5.74) is 1.37. The largest absolute Gasteiger partial charge is 0.490 e. The number of hydrogen-bond donors (Lipinski definition) is 2. The van der Waals surface area contributed by atoms with E-state index in [1.807, 2.05) is 0 Å².